The minimum atomic E-state index is -0.520. The van der Waals surface area contributed by atoms with Crippen molar-refractivity contribution in [2.24, 2.45) is 11.1 Å². The van der Waals surface area contributed by atoms with Gasteiger partial charge in [-0.3, -0.25) is 4.79 Å². The molecule has 1 rings (SSSR count). The standard InChI is InChI=1S/C15H30N2O/c1-14(2,15(3,4)16)13(18)17(5)12-10-8-6-7-9-11-12/h12H,6-11,16H2,1-5H3. The molecule has 3 heteroatoms. The normalized spacial score (nSPS) is 19.4. The second-order valence-electron chi connectivity index (χ2n) is 6.91. The van der Waals surface area contributed by atoms with E-state index in [2.05, 4.69) is 0 Å². The third kappa shape index (κ3) is 3.25. The first-order valence-electron chi connectivity index (χ1n) is 7.24. The van der Waals surface area contributed by atoms with E-state index in [0.717, 1.165) is 12.8 Å². The van der Waals surface area contributed by atoms with Crippen molar-refractivity contribution in [1.29, 1.82) is 0 Å². The zero-order chi connectivity index (χ0) is 14.0. The van der Waals surface area contributed by atoms with Gasteiger partial charge in [-0.2, -0.15) is 0 Å². The van der Waals surface area contributed by atoms with Gasteiger partial charge in [-0.15, -0.1) is 0 Å². The topological polar surface area (TPSA) is 46.3 Å². The maximum Gasteiger partial charge on any atom is 0.230 e. The van der Waals surface area contributed by atoms with Crippen molar-refractivity contribution in [2.75, 3.05) is 7.05 Å². The number of hydrogen-bond donors (Lipinski definition) is 1. The number of rotatable bonds is 3. The van der Waals surface area contributed by atoms with Crippen LogP contribution in [0.25, 0.3) is 0 Å². The zero-order valence-electron chi connectivity index (χ0n) is 12.8. The number of hydrogen-bond acceptors (Lipinski definition) is 2. The molecular formula is C15H30N2O. The van der Waals surface area contributed by atoms with Crippen molar-refractivity contribution in [2.45, 2.75) is 77.8 Å². The van der Waals surface area contributed by atoms with E-state index < -0.39 is 11.0 Å². The van der Waals surface area contributed by atoms with E-state index in [-0.39, 0.29) is 5.91 Å². The van der Waals surface area contributed by atoms with Gasteiger partial charge in [-0.25, -0.2) is 0 Å². The van der Waals surface area contributed by atoms with Crippen molar-refractivity contribution >= 4 is 5.91 Å². The highest BCUT2D eigenvalue weighted by atomic mass is 16.2. The molecule has 0 saturated heterocycles. The average molecular weight is 254 g/mol. The molecule has 1 aliphatic rings. The lowest BCUT2D eigenvalue weighted by atomic mass is 9.74. The van der Waals surface area contributed by atoms with Gasteiger partial charge in [0.25, 0.3) is 0 Å². The average Bonchev–Trinajstić information content (AvgIpc) is 2.53. The number of carbonyl (C=O) groups is 1. The molecule has 0 aliphatic heterocycles. The maximum absolute atomic E-state index is 12.7. The molecule has 0 heterocycles. The molecule has 0 aromatic carbocycles. The highest BCUT2D eigenvalue weighted by Gasteiger charge is 2.43. The van der Waals surface area contributed by atoms with Crippen LogP contribution < -0.4 is 5.73 Å². The minimum absolute atomic E-state index is 0.182. The van der Waals surface area contributed by atoms with Crippen LogP contribution in [0.1, 0.15) is 66.2 Å². The Hall–Kier alpha value is -0.570. The van der Waals surface area contributed by atoms with E-state index in [1.54, 1.807) is 0 Å². The number of nitrogens with two attached hydrogens (primary N) is 1. The molecular weight excluding hydrogens is 224 g/mol. The number of nitrogens with zero attached hydrogens (tertiary/aromatic N) is 1. The van der Waals surface area contributed by atoms with Crippen LogP contribution in [0.3, 0.4) is 0 Å². The SMILES string of the molecule is CN(C(=O)C(C)(C)C(C)(C)N)C1CCCCCC1. The van der Waals surface area contributed by atoms with E-state index in [1.807, 2.05) is 39.6 Å². The van der Waals surface area contributed by atoms with Crippen LogP contribution in [0.5, 0.6) is 0 Å². The molecule has 0 spiro atoms. The van der Waals surface area contributed by atoms with Gasteiger partial charge in [0, 0.05) is 18.6 Å². The summed E-state index contributed by atoms with van der Waals surface area (Å²) in [6.45, 7) is 7.79. The lowest BCUT2D eigenvalue weighted by Gasteiger charge is -2.41. The van der Waals surface area contributed by atoms with Gasteiger partial charge < -0.3 is 10.6 Å². The third-order valence-corrected chi connectivity index (χ3v) is 4.84. The predicted molar refractivity (Wildman–Crippen MR) is 76.3 cm³/mol. The lowest BCUT2D eigenvalue weighted by Crippen LogP contribution is -2.57. The first-order valence-corrected chi connectivity index (χ1v) is 7.24. The Kier molecular flexibility index (Phi) is 4.82. The van der Waals surface area contributed by atoms with Gasteiger partial charge in [-0.05, 0) is 40.5 Å². The van der Waals surface area contributed by atoms with Crippen LogP contribution in [0.4, 0.5) is 0 Å². The summed E-state index contributed by atoms with van der Waals surface area (Å²) in [4.78, 5) is 14.6. The number of amides is 1. The fourth-order valence-corrected chi connectivity index (χ4v) is 2.53. The van der Waals surface area contributed by atoms with Crippen molar-refractivity contribution < 1.29 is 4.79 Å². The van der Waals surface area contributed by atoms with Crippen LogP contribution in [0, 0.1) is 5.41 Å². The molecule has 0 aromatic rings. The molecule has 2 N–H and O–H groups in total. The Morgan fingerprint density at radius 2 is 1.50 bits per heavy atom. The van der Waals surface area contributed by atoms with Gasteiger partial charge in [0.1, 0.15) is 0 Å². The second-order valence-corrected chi connectivity index (χ2v) is 6.91. The summed E-state index contributed by atoms with van der Waals surface area (Å²) < 4.78 is 0. The largest absolute Gasteiger partial charge is 0.342 e. The van der Waals surface area contributed by atoms with E-state index >= 15 is 0 Å². The van der Waals surface area contributed by atoms with E-state index in [0.29, 0.717) is 6.04 Å². The Morgan fingerprint density at radius 3 is 1.89 bits per heavy atom. The monoisotopic (exact) mass is 254 g/mol. The Bertz CT molecular complexity index is 283. The molecule has 1 saturated carbocycles. The fraction of sp³-hybridized carbons (Fsp3) is 0.933. The number of carbonyl (C=O) groups excluding carboxylic acids is 1. The zero-order valence-corrected chi connectivity index (χ0v) is 12.8. The lowest BCUT2D eigenvalue weighted by molar-refractivity contribution is -0.144. The predicted octanol–water partition coefficient (Wildman–Crippen LogP) is 2.93. The van der Waals surface area contributed by atoms with E-state index in [1.165, 1.54) is 25.7 Å². The Balaban J connectivity index is 2.76. The van der Waals surface area contributed by atoms with Gasteiger partial charge >= 0.3 is 0 Å². The van der Waals surface area contributed by atoms with Gasteiger partial charge in [0.2, 0.25) is 5.91 Å². The van der Waals surface area contributed by atoms with Gasteiger partial charge in [-0.1, -0.05) is 25.7 Å². The fourth-order valence-electron chi connectivity index (χ4n) is 2.53. The van der Waals surface area contributed by atoms with Crippen molar-refractivity contribution in [3.63, 3.8) is 0 Å². The summed E-state index contributed by atoms with van der Waals surface area (Å²) in [5.74, 6) is 0.182. The molecule has 1 amide bonds. The third-order valence-electron chi connectivity index (χ3n) is 4.84. The molecule has 0 bridgehead atoms. The molecule has 1 aliphatic carbocycles. The van der Waals surface area contributed by atoms with Gasteiger partial charge in [0.05, 0.1) is 5.41 Å². The summed E-state index contributed by atoms with van der Waals surface area (Å²) in [5.41, 5.74) is 5.15. The van der Waals surface area contributed by atoms with Crippen LogP contribution in [0.2, 0.25) is 0 Å². The molecule has 1 fully saturated rings. The molecule has 0 radical (unpaired) electrons. The van der Waals surface area contributed by atoms with E-state index in [9.17, 15) is 4.79 Å². The quantitative estimate of drug-likeness (QED) is 0.787. The van der Waals surface area contributed by atoms with Crippen molar-refractivity contribution in [3.8, 4) is 0 Å². The van der Waals surface area contributed by atoms with Crippen LogP contribution in [-0.2, 0) is 4.79 Å². The molecule has 0 unspecified atom stereocenters. The summed E-state index contributed by atoms with van der Waals surface area (Å²) in [6, 6.07) is 0.404. The Labute approximate surface area is 112 Å². The van der Waals surface area contributed by atoms with Crippen LogP contribution in [-0.4, -0.2) is 29.4 Å². The van der Waals surface area contributed by atoms with Crippen LogP contribution >= 0.6 is 0 Å². The van der Waals surface area contributed by atoms with Crippen molar-refractivity contribution in [3.05, 3.63) is 0 Å². The Morgan fingerprint density at radius 1 is 1.06 bits per heavy atom. The second kappa shape index (κ2) is 5.60. The highest BCUT2D eigenvalue weighted by Crippen LogP contribution is 2.32. The van der Waals surface area contributed by atoms with Gasteiger partial charge in [0.15, 0.2) is 0 Å². The summed E-state index contributed by atoms with van der Waals surface area (Å²) >= 11 is 0. The van der Waals surface area contributed by atoms with Crippen LogP contribution in [0.15, 0.2) is 0 Å². The maximum atomic E-state index is 12.7. The molecule has 106 valence electrons. The molecule has 0 aromatic heterocycles. The smallest absolute Gasteiger partial charge is 0.230 e. The molecule has 3 nitrogen and oxygen atoms in total. The molecule has 0 atom stereocenters. The van der Waals surface area contributed by atoms with E-state index in [4.69, 9.17) is 5.73 Å². The first-order chi connectivity index (χ1) is 8.18. The highest BCUT2D eigenvalue weighted by molar-refractivity contribution is 5.83. The first kappa shape index (κ1) is 15.5. The molecule has 18 heavy (non-hydrogen) atoms. The minimum Gasteiger partial charge on any atom is -0.342 e. The summed E-state index contributed by atoms with van der Waals surface area (Å²) in [5, 5.41) is 0. The van der Waals surface area contributed by atoms with Crippen molar-refractivity contribution in [1.82, 2.24) is 4.90 Å². The summed E-state index contributed by atoms with van der Waals surface area (Å²) in [7, 11) is 1.95. The summed E-state index contributed by atoms with van der Waals surface area (Å²) in [6.07, 6.45) is 7.39.